The van der Waals surface area contributed by atoms with Crippen molar-refractivity contribution in [3.63, 3.8) is 0 Å². The van der Waals surface area contributed by atoms with E-state index in [1.807, 2.05) is 19.1 Å². The summed E-state index contributed by atoms with van der Waals surface area (Å²) in [6.07, 6.45) is 0. The summed E-state index contributed by atoms with van der Waals surface area (Å²) < 4.78 is 5.73. The lowest BCUT2D eigenvalue weighted by Gasteiger charge is -2.23. The molecular weight excluding hydrogens is 316 g/mol. The molecule has 0 aliphatic rings. The van der Waals surface area contributed by atoms with E-state index < -0.39 is 5.91 Å². The van der Waals surface area contributed by atoms with E-state index in [9.17, 15) is 9.59 Å². The van der Waals surface area contributed by atoms with Crippen LogP contribution in [0.2, 0.25) is 0 Å². The first-order chi connectivity index (χ1) is 11.7. The van der Waals surface area contributed by atoms with Crippen molar-refractivity contribution in [2.24, 2.45) is 5.73 Å². The molecule has 5 heteroatoms. The minimum atomic E-state index is -0.504. The lowest BCUT2D eigenvalue weighted by atomic mass is 9.85. The Morgan fingerprint density at radius 1 is 1.08 bits per heavy atom. The molecule has 132 valence electrons. The Balaban J connectivity index is 2.02. The second kappa shape index (κ2) is 7.38. The normalized spacial score (nSPS) is 11.0. The Morgan fingerprint density at radius 2 is 1.72 bits per heavy atom. The molecule has 0 aliphatic carbocycles. The number of primary amides is 1. The average Bonchev–Trinajstić information content (AvgIpc) is 2.53. The van der Waals surface area contributed by atoms with Crippen LogP contribution in [0.5, 0.6) is 5.75 Å². The average molecular weight is 340 g/mol. The first-order valence-electron chi connectivity index (χ1n) is 8.10. The molecule has 0 bridgehead atoms. The van der Waals surface area contributed by atoms with Crippen LogP contribution in [0.3, 0.4) is 0 Å². The number of hydrogen-bond acceptors (Lipinski definition) is 3. The molecule has 0 aromatic heterocycles. The molecule has 2 aromatic carbocycles. The summed E-state index contributed by atoms with van der Waals surface area (Å²) in [5, 5.41) is 2.73. The lowest BCUT2D eigenvalue weighted by molar-refractivity contribution is -0.118. The number of hydrogen-bond donors (Lipinski definition) is 2. The van der Waals surface area contributed by atoms with Crippen molar-refractivity contribution in [2.75, 3.05) is 11.9 Å². The van der Waals surface area contributed by atoms with Gasteiger partial charge in [-0.3, -0.25) is 9.59 Å². The molecule has 0 radical (unpaired) electrons. The van der Waals surface area contributed by atoms with Gasteiger partial charge in [-0.1, -0.05) is 38.5 Å². The number of nitrogens with one attached hydrogen (secondary N) is 1. The summed E-state index contributed by atoms with van der Waals surface area (Å²) in [6, 6.07) is 12.3. The van der Waals surface area contributed by atoms with Gasteiger partial charge in [-0.15, -0.1) is 0 Å². The Hall–Kier alpha value is -2.82. The summed E-state index contributed by atoms with van der Waals surface area (Å²) in [7, 11) is 0. The van der Waals surface area contributed by atoms with E-state index in [0.29, 0.717) is 17.0 Å². The van der Waals surface area contributed by atoms with Crippen molar-refractivity contribution in [3.05, 3.63) is 59.2 Å². The summed E-state index contributed by atoms with van der Waals surface area (Å²) in [6.45, 7) is 8.25. The molecule has 0 atom stereocenters. The van der Waals surface area contributed by atoms with Crippen molar-refractivity contribution in [3.8, 4) is 5.75 Å². The van der Waals surface area contributed by atoms with E-state index in [4.69, 9.17) is 10.5 Å². The number of ether oxygens (including phenoxy) is 1. The van der Waals surface area contributed by atoms with Crippen molar-refractivity contribution in [1.29, 1.82) is 0 Å². The van der Waals surface area contributed by atoms with E-state index in [2.05, 4.69) is 32.2 Å². The maximum atomic E-state index is 12.1. The zero-order chi connectivity index (χ0) is 18.6. The fraction of sp³-hybridized carbons (Fsp3) is 0.300. The number of carbonyl (C=O) groups excluding carboxylic acids is 2. The Kier molecular flexibility index (Phi) is 5.47. The molecule has 0 aliphatic heterocycles. The molecular formula is C20H24N2O3. The molecule has 5 nitrogen and oxygen atoms in total. The van der Waals surface area contributed by atoms with Gasteiger partial charge in [0, 0.05) is 11.3 Å². The number of benzene rings is 2. The van der Waals surface area contributed by atoms with E-state index in [-0.39, 0.29) is 17.9 Å². The van der Waals surface area contributed by atoms with Crippen molar-refractivity contribution in [2.45, 2.75) is 33.1 Å². The van der Waals surface area contributed by atoms with Crippen LogP contribution >= 0.6 is 0 Å². The van der Waals surface area contributed by atoms with Crippen LogP contribution in [-0.2, 0) is 10.2 Å². The summed E-state index contributed by atoms with van der Waals surface area (Å²) >= 11 is 0. The van der Waals surface area contributed by atoms with Crippen LogP contribution in [-0.4, -0.2) is 18.4 Å². The molecule has 2 rings (SSSR count). The van der Waals surface area contributed by atoms with Crippen LogP contribution in [0.1, 0.15) is 42.3 Å². The van der Waals surface area contributed by atoms with Gasteiger partial charge in [0.05, 0.1) is 0 Å². The molecule has 0 fully saturated rings. The van der Waals surface area contributed by atoms with Gasteiger partial charge in [-0.25, -0.2) is 0 Å². The van der Waals surface area contributed by atoms with E-state index in [1.165, 1.54) is 0 Å². The van der Waals surface area contributed by atoms with Crippen molar-refractivity contribution in [1.82, 2.24) is 0 Å². The van der Waals surface area contributed by atoms with Crippen molar-refractivity contribution >= 4 is 17.5 Å². The maximum absolute atomic E-state index is 12.1. The fourth-order valence-corrected chi connectivity index (χ4v) is 2.41. The Labute approximate surface area is 148 Å². The van der Waals surface area contributed by atoms with E-state index in [1.54, 1.807) is 24.3 Å². The molecule has 3 N–H and O–H groups in total. The first-order valence-corrected chi connectivity index (χ1v) is 8.10. The molecule has 25 heavy (non-hydrogen) atoms. The van der Waals surface area contributed by atoms with Crippen LogP contribution in [0.25, 0.3) is 0 Å². The van der Waals surface area contributed by atoms with Crippen LogP contribution in [0.4, 0.5) is 5.69 Å². The van der Waals surface area contributed by atoms with Crippen LogP contribution in [0.15, 0.2) is 42.5 Å². The number of rotatable bonds is 5. The summed E-state index contributed by atoms with van der Waals surface area (Å²) in [4.78, 5) is 23.2. The predicted molar refractivity (Wildman–Crippen MR) is 99.0 cm³/mol. The third-order valence-corrected chi connectivity index (χ3v) is 3.76. The molecule has 0 saturated heterocycles. The smallest absolute Gasteiger partial charge is 0.262 e. The maximum Gasteiger partial charge on any atom is 0.262 e. The van der Waals surface area contributed by atoms with Gasteiger partial charge in [-0.05, 0) is 48.2 Å². The van der Waals surface area contributed by atoms with Gasteiger partial charge in [0.25, 0.3) is 5.91 Å². The van der Waals surface area contributed by atoms with Gasteiger partial charge in [0.15, 0.2) is 6.61 Å². The van der Waals surface area contributed by atoms with Gasteiger partial charge >= 0.3 is 0 Å². The molecule has 0 saturated carbocycles. The standard InChI is InChI=1S/C20H24N2O3/c1-13-5-10-17(16(11-13)20(2,3)4)25-12-18(23)22-15-8-6-14(7-9-15)19(21)24/h5-11H,12H2,1-4H3,(H2,21,24)(H,22,23). The fourth-order valence-electron chi connectivity index (χ4n) is 2.41. The highest BCUT2D eigenvalue weighted by Crippen LogP contribution is 2.32. The Morgan fingerprint density at radius 3 is 2.28 bits per heavy atom. The lowest BCUT2D eigenvalue weighted by Crippen LogP contribution is -2.22. The topological polar surface area (TPSA) is 81.4 Å². The summed E-state index contributed by atoms with van der Waals surface area (Å²) in [5.41, 5.74) is 8.29. The zero-order valence-electron chi connectivity index (χ0n) is 15.1. The minimum Gasteiger partial charge on any atom is -0.483 e. The van der Waals surface area contributed by atoms with Crippen LogP contribution in [0, 0.1) is 6.92 Å². The van der Waals surface area contributed by atoms with Crippen molar-refractivity contribution < 1.29 is 14.3 Å². The molecule has 0 unspecified atom stereocenters. The molecule has 2 amide bonds. The first kappa shape index (κ1) is 18.5. The van der Waals surface area contributed by atoms with Gasteiger partial charge in [0.2, 0.25) is 5.91 Å². The third-order valence-electron chi connectivity index (χ3n) is 3.76. The number of nitrogens with two attached hydrogens (primary N) is 1. The number of amides is 2. The largest absolute Gasteiger partial charge is 0.483 e. The number of carbonyl (C=O) groups is 2. The molecule has 2 aromatic rings. The molecule has 0 heterocycles. The highest BCUT2D eigenvalue weighted by Gasteiger charge is 2.19. The minimum absolute atomic E-state index is 0.0809. The SMILES string of the molecule is Cc1ccc(OCC(=O)Nc2ccc(C(N)=O)cc2)c(C(C)(C)C)c1. The van der Waals surface area contributed by atoms with Gasteiger partial charge < -0.3 is 15.8 Å². The zero-order valence-corrected chi connectivity index (χ0v) is 15.1. The highest BCUT2D eigenvalue weighted by molar-refractivity contribution is 5.95. The van der Waals surface area contributed by atoms with E-state index >= 15 is 0 Å². The molecule has 0 spiro atoms. The second-order valence-corrected chi connectivity index (χ2v) is 7.03. The predicted octanol–water partition coefficient (Wildman–Crippen LogP) is 3.41. The third kappa shape index (κ3) is 5.08. The number of anilines is 1. The Bertz CT molecular complexity index is 775. The second-order valence-electron chi connectivity index (χ2n) is 7.03. The van der Waals surface area contributed by atoms with Gasteiger partial charge in [-0.2, -0.15) is 0 Å². The quantitative estimate of drug-likeness (QED) is 0.875. The highest BCUT2D eigenvalue weighted by atomic mass is 16.5. The monoisotopic (exact) mass is 340 g/mol. The summed E-state index contributed by atoms with van der Waals surface area (Å²) in [5.74, 6) is -0.0696. The van der Waals surface area contributed by atoms with Gasteiger partial charge in [0.1, 0.15) is 5.75 Å². The van der Waals surface area contributed by atoms with E-state index in [0.717, 1.165) is 11.1 Å². The number of aryl methyl sites for hydroxylation is 1. The van der Waals surface area contributed by atoms with Crippen LogP contribution < -0.4 is 15.8 Å².